The molecule has 0 spiro atoms. The second kappa shape index (κ2) is 11.0. The van der Waals surface area contributed by atoms with Crippen molar-refractivity contribution < 1.29 is 14.6 Å². The second-order valence-electron chi connectivity index (χ2n) is 6.08. The smallest absolute Gasteiger partial charge is 0.293 e. The monoisotopic (exact) mass is 345 g/mol. The van der Waals surface area contributed by atoms with Crippen LogP contribution in [0, 0.1) is 6.92 Å². The van der Waals surface area contributed by atoms with E-state index in [1.165, 1.54) is 19.3 Å². The normalized spacial score (nSPS) is 11.1. The number of benzene rings is 1. The van der Waals surface area contributed by atoms with Crippen LogP contribution < -0.4 is 5.19 Å². The van der Waals surface area contributed by atoms with Crippen LogP contribution in [0.3, 0.4) is 0 Å². The summed E-state index contributed by atoms with van der Waals surface area (Å²) in [5.74, 6) is -0.459. The highest BCUT2D eigenvalue weighted by atomic mass is 28.3. The van der Waals surface area contributed by atoms with Crippen LogP contribution in [-0.4, -0.2) is 20.7 Å². The number of carbonyl (C=O) groups is 1. The lowest BCUT2D eigenvalue weighted by atomic mass is 10.1. The maximum absolute atomic E-state index is 11.9. The van der Waals surface area contributed by atoms with Gasteiger partial charge in [0, 0.05) is 0 Å². The molecule has 0 unspecified atom stereocenters. The van der Waals surface area contributed by atoms with E-state index in [2.05, 4.69) is 26.6 Å². The van der Waals surface area contributed by atoms with E-state index in [4.69, 9.17) is 9.78 Å². The highest BCUT2D eigenvalue weighted by molar-refractivity contribution is 6.98. The lowest BCUT2D eigenvalue weighted by Crippen LogP contribution is -2.40. The molecular weight excluding hydrogens is 316 g/mol. The first kappa shape index (κ1) is 20.4. The zero-order valence-corrected chi connectivity index (χ0v) is 15.8. The van der Waals surface area contributed by atoms with E-state index in [0.717, 1.165) is 24.4 Å². The summed E-state index contributed by atoms with van der Waals surface area (Å²) in [5, 5.41) is 1.16. The fraction of sp³-hybridized carbons (Fsp3) is 0.400. The zero-order chi connectivity index (χ0) is 17.8. The van der Waals surface area contributed by atoms with Crippen LogP contribution >= 0.6 is 0 Å². The van der Waals surface area contributed by atoms with Gasteiger partial charge < -0.3 is 0 Å². The minimum atomic E-state index is -1.84. The van der Waals surface area contributed by atoms with E-state index < -0.39 is 14.0 Å². The molecule has 24 heavy (non-hydrogen) atoms. The fourth-order valence-electron chi connectivity index (χ4n) is 2.30. The quantitative estimate of drug-likeness (QED) is 0.239. The predicted molar refractivity (Wildman–Crippen MR) is 103 cm³/mol. The van der Waals surface area contributed by atoms with Crippen molar-refractivity contribution in [2.75, 3.05) is 6.61 Å². The molecule has 0 N–H and O–H groups in total. The molecule has 0 aliphatic rings. The van der Waals surface area contributed by atoms with Crippen molar-refractivity contribution in [2.24, 2.45) is 0 Å². The van der Waals surface area contributed by atoms with Gasteiger partial charge in [-0.3, -0.25) is 4.89 Å². The zero-order valence-electron chi connectivity index (χ0n) is 14.8. The van der Waals surface area contributed by atoms with E-state index >= 15 is 0 Å². The molecule has 0 aliphatic carbocycles. The van der Waals surface area contributed by atoms with Gasteiger partial charge in [0.1, 0.15) is 8.07 Å². The van der Waals surface area contributed by atoms with Crippen molar-refractivity contribution in [1.29, 1.82) is 0 Å². The Morgan fingerprint density at radius 3 is 2.21 bits per heavy atom. The fourth-order valence-corrected chi connectivity index (χ4v) is 3.82. The van der Waals surface area contributed by atoms with Crippen LogP contribution in [-0.2, 0) is 9.78 Å². The molecule has 0 aliphatic heterocycles. The molecule has 0 fully saturated rings. The Morgan fingerprint density at radius 1 is 1.04 bits per heavy atom. The van der Waals surface area contributed by atoms with Crippen molar-refractivity contribution in [2.45, 2.75) is 45.1 Å². The lowest BCUT2D eigenvalue weighted by Gasteiger charge is -2.19. The first-order chi connectivity index (χ1) is 11.6. The molecule has 1 aromatic rings. The number of unbranched alkanes of at least 4 members (excludes halogenated alkanes) is 5. The van der Waals surface area contributed by atoms with Crippen molar-refractivity contribution >= 4 is 19.2 Å². The van der Waals surface area contributed by atoms with Gasteiger partial charge in [0.2, 0.25) is 0 Å². The van der Waals surface area contributed by atoms with Gasteiger partial charge in [0.15, 0.2) is 0 Å². The van der Waals surface area contributed by atoms with Crippen LogP contribution in [0.2, 0.25) is 6.55 Å². The molecular formula is C20H29O3Si. The van der Waals surface area contributed by atoms with Gasteiger partial charge in [-0.15, -0.1) is 13.2 Å². The molecule has 0 saturated carbocycles. The van der Waals surface area contributed by atoms with E-state index in [1.807, 2.05) is 23.5 Å². The molecule has 1 radical (unpaired) electrons. The summed E-state index contributed by atoms with van der Waals surface area (Å²) in [6.07, 6.45) is 6.51. The number of rotatable bonds is 12. The summed E-state index contributed by atoms with van der Waals surface area (Å²) < 4.78 is 0. The van der Waals surface area contributed by atoms with Gasteiger partial charge >= 0.3 is 5.97 Å². The van der Waals surface area contributed by atoms with Crippen LogP contribution in [0.25, 0.3) is 0 Å². The van der Waals surface area contributed by atoms with Crippen molar-refractivity contribution in [1.82, 2.24) is 0 Å². The van der Waals surface area contributed by atoms with Gasteiger partial charge in [-0.05, 0) is 18.6 Å². The van der Waals surface area contributed by atoms with Gasteiger partial charge in [-0.2, -0.15) is 4.89 Å². The Labute approximate surface area is 147 Å². The molecule has 131 valence electrons. The Kier molecular flexibility index (Phi) is 9.34. The first-order valence-corrected chi connectivity index (χ1v) is 11.2. The largest absolute Gasteiger partial charge is 0.373 e. The molecule has 0 bridgehead atoms. The minimum Gasteiger partial charge on any atom is -0.293 e. The summed E-state index contributed by atoms with van der Waals surface area (Å²) in [7, 11) is -1.84. The summed E-state index contributed by atoms with van der Waals surface area (Å²) in [5.41, 5.74) is 4.42. The van der Waals surface area contributed by atoms with Crippen molar-refractivity contribution in [3.05, 3.63) is 61.3 Å². The Hall–Kier alpha value is -1.65. The summed E-state index contributed by atoms with van der Waals surface area (Å²) in [6.45, 7) is 14.2. The average Bonchev–Trinajstić information content (AvgIpc) is 2.63. The topological polar surface area (TPSA) is 35.5 Å². The molecule has 0 atom stereocenters. The van der Waals surface area contributed by atoms with Crippen LogP contribution in [0.15, 0.2) is 48.8 Å². The van der Waals surface area contributed by atoms with Crippen LogP contribution in [0.4, 0.5) is 0 Å². The molecule has 3 nitrogen and oxygen atoms in total. The Balaban J connectivity index is 2.36. The molecule has 0 amide bonds. The van der Waals surface area contributed by atoms with Crippen LogP contribution in [0.5, 0.6) is 0 Å². The van der Waals surface area contributed by atoms with Gasteiger partial charge in [-0.25, -0.2) is 4.79 Å². The summed E-state index contributed by atoms with van der Waals surface area (Å²) in [4.78, 5) is 21.8. The Bertz CT molecular complexity index is 514. The molecule has 0 aromatic heterocycles. The van der Waals surface area contributed by atoms with Gasteiger partial charge in [-0.1, -0.05) is 74.3 Å². The highest BCUT2D eigenvalue weighted by Crippen LogP contribution is 2.09. The third-order valence-corrected chi connectivity index (χ3v) is 7.48. The third-order valence-electron chi connectivity index (χ3n) is 4.20. The van der Waals surface area contributed by atoms with Crippen molar-refractivity contribution in [3.8, 4) is 0 Å². The maximum atomic E-state index is 11.9. The van der Waals surface area contributed by atoms with Crippen LogP contribution in [0.1, 0.15) is 48.9 Å². The number of carbonyl (C=O) groups excluding carboxylic acids is 1. The summed E-state index contributed by atoms with van der Waals surface area (Å²) >= 11 is 0. The number of hydrogen-bond donors (Lipinski definition) is 0. The number of hydrogen-bond acceptors (Lipinski definition) is 3. The molecule has 1 rings (SSSR count). The van der Waals surface area contributed by atoms with Gasteiger partial charge in [0.25, 0.3) is 0 Å². The molecule has 0 heterocycles. The first-order valence-electron chi connectivity index (χ1n) is 8.58. The lowest BCUT2D eigenvalue weighted by molar-refractivity contribution is -0.241. The second-order valence-corrected chi connectivity index (χ2v) is 10.0. The van der Waals surface area contributed by atoms with E-state index in [-0.39, 0.29) is 0 Å². The predicted octanol–water partition coefficient (Wildman–Crippen LogP) is 4.69. The minimum absolute atomic E-state index is 0.437. The van der Waals surface area contributed by atoms with Crippen molar-refractivity contribution in [3.63, 3.8) is 0 Å². The maximum Gasteiger partial charge on any atom is 0.373 e. The molecule has 0 saturated heterocycles. The Morgan fingerprint density at radius 2 is 1.62 bits per heavy atom. The average molecular weight is 346 g/mol. The third kappa shape index (κ3) is 6.46. The SMILES string of the molecule is [CH2]CCCCCCCOOC(=O)c1ccc([Si](C)(C=C)C=C)cc1. The summed E-state index contributed by atoms with van der Waals surface area (Å²) in [6, 6.07) is 7.40. The highest BCUT2D eigenvalue weighted by Gasteiger charge is 2.22. The standard InChI is InChI=1S/C20H29O3Si/c1-5-8-9-10-11-12-17-22-23-20(21)18-13-15-19(16-14-18)24(4,6-2)7-3/h6-7,13-16H,1-3,5,8-12,17H2,4H3. The van der Waals surface area contributed by atoms with E-state index in [9.17, 15) is 4.79 Å². The van der Waals surface area contributed by atoms with E-state index in [0.29, 0.717) is 12.2 Å². The van der Waals surface area contributed by atoms with Gasteiger partial charge in [0.05, 0.1) is 12.2 Å². The van der Waals surface area contributed by atoms with E-state index in [1.54, 1.807) is 12.1 Å². The molecule has 4 heteroatoms. The molecule has 1 aromatic carbocycles.